The number of ether oxygens (including phenoxy) is 2. The number of carbonyl (C=O) groups excluding carboxylic acids is 1. The number of nitrogens with zero attached hydrogens (tertiary/aromatic N) is 2. The monoisotopic (exact) mass is 485 g/mol. The third kappa shape index (κ3) is 4.29. The maximum absolute atomic E-state index is 13.0. The number of aromatic nitrogens is 2. The summed E-state index contributed by atoms with van der Waals surface area (Å²) in [4.78, 5) is 30.3. The fourth-order valence-electron chi connectivity index (χ4n) is 4.33. The van der Waals surface area contributed by atoms with Crippen LogP contribution in [0.25, 0.3) is 10.9 Å². The molecule has 2 aromatic carbocycles. The van der Waals surface area contributed by atoms with Gasteiger partial charge in [-0.25, -0.2) is 4.98 Å². The van der Waals surface area contributed by atoms with Crippen LogP contribution in [0, 0.1) is 0 Å². The molecular weight excluding hydrogens is 462 g/mol. The van der Waals surface area contributed by atoms with Crippen molar-refractivity contribution in [2.45, 2.75) is 56.5 Å². The Balaban J connectivity index is 1.31. The van der Waals surface area contributed by atoms with Crippen molar-refractivity contribution < 1.29 is 14.3 Å². The molecule has 2 heterocycles. The Hall–Kier alpha value is -2.71. The third-order valence-electron chi connectivity index (χ3n) is 5.86. The van der Waals surface area contributed by atoms with Gasteiger partial charge in [0.15, 0.2) is 16.7 Å². The van der Waals surface area contributed by atoms with Crippen LogP contribution in [0.1, 0.15) is 45.6 Å². The van der Waals surface area contributed by atoms with E-state index in [0.29, 0.717) is 38.3 Å². The summed E-state index contributed by atoms with van der Waals surface area (Å²) in [5.74, 6) is 0.730. The van der Waals surface area contributed by atoms with Crippen LogP contribution in [-0.4, -0.2) is 27.0 Å². The molecule has 3 aromatic rings. The van der Waals surface area contributed by atoms with Crippen LogP contribution in [0.4, 0.5) is 5.69 Å². The summed E-state index contributed by atoms with van der Waals surface area (Å²) in [6.07, 6.45) is 3.93. The second-order valence-corrected chi connectivity index (χ2v) is 10.0. The molecule has 7 nitrogen and oxygen atoms in total. The fourth-order valence-corrected chi connectivity index (χ4v) is 5.42. The fraction of sp³-hybridized carbons (Fsp3) is 0.375. The molecule has 1 aromatic heterocycles. The SMILES string of the molecule is CC(C)n1c(SCC(=O)Nc2ccc3c(c2)OC2(CCCC2)O3)nc2cc(Cl)ccc2c1=O. The van der Waals surface area contributed by atoms with E-state index in [2.05, 4.69) is 10.3 Å². The van der Waals surface area contributed by atoms with Gasteiger partial charge in [-0.2, -0.15) is 0 Å². The largest absolute Gasteiger partial charge is 0.448 e. The van der Waals surface area contributed by atoms with Gasteiger partial charge >= 0.3 is 0 Å². The molecule has 1 N–H and O–H groups in total. The summed E-state index contributed by atoms with van der Waals surface area (Å²) in [7, 11) is 0. The average Bonchev–Trinajstić information content (AvgIpc) is 3.37. The molecule has 0 bridgehead atoms. The van der Waals surface area contributed by atoms with Crippen LogP contribution in [0.5, 0.6) is 11.5 Å². The average molecular weight is 486 g/mol. The number of nitrogens with one attached hydrogen (secondary N) is 1. The van der Waals surface area contributed by atoms with Gasteiger partial charge in [-0.1, -0.05) is 23.4 Å². The van der Waals surface area contributed by atoms with Crippen molar-refractivity contribution in [2.24, 2.45) is 0 Å². The topological polar surface area (TPSA) is 82.5 Å². The lowest BCUT2D eigenvalue weighted by Crippen LogP contribution is -2.34. The molecule has 1 fully saturated rings. The lowest BCUT2D eigenvalue weighted by atomic mass is 10.2. The van der Waals surface area contributed by atoms with Gasteiger partial charge in [-0.15, -0.1) is 0 Å². The first-order chi connectivity index (χ1) is 15.8. The van der Waals surface area contributed by atoms with E-state index in [4.69, 9.17) is 21.1 Å². The standard InChI is InChI=1S/C24H24ClN3O4S/c1-14(2)28-22(30)17-7-5-15(25)11-18(17)27-23(28)33-13-21(29)26-16-6-8-19-20(12-16)32-24(31-19)9-3-4-10-24/h5-8,11-12,14H,3-4,9-10,13H2,1-2H3,(H,26,29). The molecule has 1 amide bonds. The quantitative estimate of drug-likeness (QED) is 0.384. The number of halogens is 1. The predicted molar refractivity (Wildman–Crippen MR) is 130 cm³/mol. The van der Waals surface area contributed by atoms with Gasteiger partial charge < -0.3 is 14.8 Å². The Morgan fingerprint density at radius 2 is 1.94 bits per heavy atom. The molecule has 0 unspecified atom stereocenters. The molecule has 0 saturated heterocycles. The minimum atomic E-state index is -0.536. The molecule has 0 radical (unpaired) electrons. The number of rotatable bonds is 5. The van der Waals surface area contributed by atoms with E-state index in [1.54, 1.807) is 34.9 Å². The van der Waals surface area contributed by atoms with Crippen LogP contribution < -0.4 is 20.3 Å². The second-order valence-electron chi connectivity index (χ2n) is 8.65. The van der Waals surface area contributed by atoms with E-state index >= 15 is 0 Å². The molecule has 1 saturated carbocycles. The van der Waals surface area contributed by atoms with Gasteiger partial charge in [0.1, 0.15) is 0 Å². The van der Waals surface area contributed by atoms with E-state index in [1.165, 1.54) is 11.8 Å². The molecule has 33 heavy (non-hydrogen) atoms. The summed E-state index contributed by atoms with van der Waals surface area (Å²) in [5.41, 5.74) is 1.01. The summed E-state index contributed by atoms with van der Waals surface area (Å²) in [6, 6.07) is 10.4. The Bertz CT molecular complexity index is 1300. The molecule has 0 atom stereocenters. The van der Waals surface area contributed by atoms with Crippen LogP contribution in [-0.2, 0) is 4.79 Å². The van der Waals surface area contributed by atoms with Gasteiger partial charge in [-0.3, -0.25) is 14.2 Å². The number of carbonyl (C=O) groups is 1. The first-order valence-electron chi connectivity index (χ1n) is 11.0. The number of amides is 1. The van der Waals surface area contributed by atoms with Gasteiger partial charge in [0.2, 0.25) is 5.91 Å². The van der Waals surface area contributed by atoms with Crippen LogP contribution in [0.15, 0.2) is 46.3 Å². The predicted octanol–water partition coefficient (Wildman–Crippen LogP) is 5.40. The first-order valence-corrected chi connectivity index (χ1v) is 12.4. The van der Waals surface area contributed by atoms with E-state index in [9.17, 15) is 9.59 Å². The highest BCUT2D eigenvalue weighted by Crippen LogP contribution is 2.47. The molecule has 172 valence electrons. The zero-order valence-electron chi connectivity index (χ0n) is 18.4. The smallest absolute Gasteiger partial charge is 0.262 e. The van der Waals surface area contributed by atoms with E-state index in [-0.39, 0.29) is 23.3 Å². The molecule has 1 aliphatic heterocycles. The molecular formula is C24H24ClN3O4S. The summed E-state index contributed by atoms with van der Waals surface area (Å²) in [6.45, 7) is 3.83. The Morgan fingerprint density at radius 3 is 2.70 bits per heavy atom. The minimum absolute atomic E-state index is 0.101. The maximum atomic E-state index is 13.0. The third-order valence-corrected chi connectivity index (χ3v) is 7.05. The van der Waals surface area contributed by atoms with Crippen LogP contribution in [0.3, 0.4) is 0 Å². The Morgan fingerprint density at radius 1 is 1.18 bits per heavy atom. The van der Waals surface area contributed by atoms with Crippen molar-refractivity contribution >= 4 is 45.9 Å². The molecule has 9 heteroatoms. The van der Waals surface area contributed by atoms with Crippen LogP contribution in [0.2, 0.25) is 5.02 Å². The number of benzene rings is 2. The molecule has 1 aliphatic carbocycles. The zero-order chi connectivity index (χ0) is 23.2. The first kappa shape index (κ1) is 22.1. The van der Waals surface area contributed by atoms with Crippen molar-refractivity contribution in [1.82, 2.24) is 9.55 Å². The van der Waals surface area contributed by atoms with E-state index < -0.39 is 5.79 Å². The maximum Gasteiger partial charge on any atom is 0.262 e. The summed E-state index contributed by atoms with van der Waals surface area (Å²) >= 11 is 7.30. The second kappa shape index (κ2) is 8.57. The summed E-state index contributed by atoms with van der Waals surface area (Å²) in [5, 5.41) is 4.39. The lowest BCUT2D eigenvalue weighted by molar-refractivity contribution is -0.113. The van der Waals surface area contributed by atoms with Crippen molar-refractivity contribution in [2.75, 3.05) is 11.1 Å². The van der Waals surface area contributed by atoms with Gasteiger partial charge in [0.05, 0.1) is 16.7 Å². The minimum Gasteiger partial charge on any atom is -0.448 e. The molecule has 2 aliphatic rings. The number of hydrogen-bond donors (Lipinski definition) is 1. The van der Waals surface area contributed by atoms with Crippen LogP contribution >= 0.6 is 23.4 Å². The Kier molecular flexibility index (Phi) is 5.74. The van der Waals surface area contributed by atoms with Gasteiger partial charge in [0.25, 0.3) is 11.3 Å². The highest BCUT2D eigenvalue weighted by atomic mass is 35.5. The van der Waals surface area contributed by atoms with Crippen molar-refractivity contribution in [3.05, 3.63) is 51.8 Å². The number of anilines is 1. The van der Waals surface area contributed by atoms with Crippen molar-refractivity contribution in [3.63, 3.8) is 0 Å². The van der Waals surface area contributed by atoms with E-state index in [0.717, 1.165) is 25.7 Å². The number of thioether (sulfide) groups is 1. The van der Waals surface area contributed by atoms with Crippen molar-refractivity contribution in [1.29, 1.82) is 0 Å². The number of hydrogen-bond acceptors (Lipinski definition) is 6. The summed E-state index contributed by atoms with van der Waals surface area (Å²) < 4.78 is 13.7. The molecule has 5 rings (SSSR count). The van der Waals surface area contributed by atoms with Gasteiger partial charge in [0, 0.05) is 35.7 Å². The highest BCUT2D eigenvalue weighted by Gasteiger charge is 2.44. The Labute approximate surface area is 200 Å². The zero-order valence-corrected chi connectivity index (χ0v) is 20.0. The highest BCUT2D eigenvalue weighted by molar-refractivity contribution is 7.99. The van der Waals surface area contributed by atoms with Gasteiger partial charge in [-0.05, 0) is 57.0 Å². The molecule has 1 spiro atoms. The van der Waals surface area contributed by atoms with E-state index in [1.807, 2.05) is 19.9 Å². The van der Waals surface area contributed by atoms with Crippen molar-refractivity contribution in [3.8, 4) is 11.5 Å². The normalized spacial score (nSPS) is 16.1. The lowest BCUT2D eigenvalue weighted by Gasteiger charge is -2.21. The number of fused-ring (bicyclic) bond motifs is 2.